The summed E-state index contributed by atoms with van der Waals surface area (Å²) >= 11 is 0. The van der Waals surface area contributed by atoms with Gasteiger partial charge >= 0.3 is 0 Å². The zero-order valence-corrected chi connectivity index (χ0v) is 13.6. The monoisotopic (exact) mass is 308 g/mol. The lowest BCUT2D eigenvalue weighted by atomic mass is 10.0. The van der Waals surface area contributed by atoms with Gasteiger partial charge in [0.25, 0.3) is 5.91 Å². The van der Waals surface area contributed by atoms with Crippen molar-refractivity contribution in [1.29, 1.82) is 0 Å². The van der Waals surface area contributed by atoms with Crippen molar-refractivity contribution in [2.75, 3.05) is 5.32 Å². The molecule has 0 fully saturated rings. The van der Waals surface area contributed by atoms with Gasteiger partial charge in [0.05, 0.1) is 6.20 Å². The van der Waals surface area contributed by atoms with Gasteiger partial charge in [0, 0.05) is 17.4 Å². The van der Waals surface area contributed by atoms with Gasteiger partial charge in [-0.05, 0) is 37.0 Å². The maximum atomic E-state index is 12.7. The molecule has 0 spiro atoms. The number of fused-ring (bicyclic) bond motifs is 1. The standard InChI is InChI=1S/C18H20N4O/c1-4-13-7-6-8-14(5-2)17(13)21-18(23)15-11-12(3)22-16(20-15)9-10-19-22/h6-11H,4-5H2,1-3H3,(H,21,23). The minimum absolute atomic E-state index is 0.188. The zero-order valence-electron chi connectivity index (χ0n) is 13.6. The first kappa shape index (κ1) is 15.2. The Morgan fingerprint density at radius 1 is 1.17 bits per heavy atom. The van der Waals surface area contributed by atoms with E-state index in [1.807, 2.05) is 25.1 Å². The molecule has 0 saturated heterocycles. The van der Waals surface area contributed by atoms with Gasteiger partial charge in [0.1, 0.15) is 5.69 Å². The summed E-state index contributed by atoms with van der Waals surface area (Å²) in [7, 11) is 0. The Morgan fingerprint density at radius 2 is 1.87 bits per heavy atom. The van der Waals surface area contributed by atoms with E-state index in [0.717, 1.165) is 35.3 Å². The third-order valence-electron chi connectivity index (χ3n) is 4.01. The number of anilines is 1. The molecule has 1 aromatic carbocycles. The van der Waals surface area contributed by atoms with Gasteiger partial charge in [-0.3, -0.25) is 4.79 Å². The fourth-order valence-corrected chi connectivity index (χ4v) is 2.76. The molecule has 5 heteroatoms. The number of carbonyl (C=O) groups excluding carboxylic acids is 1. The van der Waals surface area contributed by atoms with Crippen LogP contribution < -0.4 is 5.32 Å². The van der Waals surface area contributed by atoms with Gasteiger partial charge < -0.3 is 5.32 Å². The SMILES string of the molecule is CCc1cccc(CC)c1NC(=O)c1cc(C)n2nccc2n1. The molecule has 118 valence electrons. The molecular formula is C18H20N4O. The Balaban J connectivity index is 1.98. The second-order valence-corrected chi connectivity index (χ2v) is 5.50. The van der Waals surface area contributed by atoms with Crippen molar-refractivity contribution in [1.82, 2.24) is 14.6 Å². The van der Waals surface area contributed by atoms with Crippen LogP contribution in [-0.4, -0.2) is 20.5 Å². The van der Waals surface area contributed by atoms with Gasteiger partial charge in [-0.1, -0.05) is 32.0 Å². The first-order valence-electron chi connectivity index (χ1n) is 7.87. The summed E-state index contributed by atoms with van der Waals surface area (Å²) in [5.41, 5.74) is 5.15. The number of rotatable bonds is 4. The second-order valence-electron chi connectivity index (χ2n) is 5.50. The average Bonchev–Trinajstić information content (AvgIpc) is 3.04. The molecule has 3 rings (SSSR count). The number of aromatic nitrogens is 3. The summed E-state index contributed by atoms with van der Waals surface area (Å²) in [5, 5.41) is 7.23. The van der Waals surface area contributed by atoms with Gasteiger partial charge in [-0.2, -0.15) is 5.10 Å². The van der Waals surface area contributed by atoms with E-state index in [9.17, 15) is 4.79 Å². The molecule has 0 bridgehead atoms. The molecule has 3 aromatic rings. The van der Waals surface area contributed by atoms with Gasteiger partial charge in [-0.15, -0.1) is 0 Å². The highest BCUT2D eigenvalue weighted by atomic mass is 16.1. The third kappa shape index (κ3) is 2.82. The molecule has 1 amide bonds. The number of hydrogen-bond donors (Lipinski definition) is 1. The lowest BCUT2D eigenvalue weighted by molar-refractivity contribution is 0.102. The van der Waals surface area contributed by atoms with Crippen LogP contribution >= 0.6 is 0 Å². The largest absolute Gasteiger partial charge is 0.320 e. The number of carbonyl (C=O) groups is 1. The average molecular weight is 308 g/mol. The van der Waals surface area contributed by atoms with Crippen molar-refractivity contribution in [2.45, 2.75) is 33.6 Å². The van der Waals surface area contributed by atoms with Crippen molar-refractivity contribution in [3.8, 4) is 0 Å². The number of aryl methyl sites for hydroxylation is 3. The maximum absolute atomic E-state index is 12.7. The Hall–Kier alpha value is -2.69. The van der Waals surface area contributed by atoms with E-state index >= 15 is 0 Å². The van der Waals surface area contributed by atoms with E-state index in [-0.39, 0.29) is 5.91 Å². The molecule has 0 aliphatic heterocycles. The minimum Gasteiger partial charge on any atom is -0.320 e. The van der Waals surface area contributed by atoms with Crippen LogP contribution in [0.4, 0.5) is 5.69 Å². The molecule has 2 heterocycles. The number of nitrogens with zero attached hydrogens (tertiary/aromatic N) is 3. The van der Waals surface area contributed by atoms with Crippen molar-refractivity contribution < 1.29 is 4.79 Å². The normalized spacial score (nSPS) is 10.9. The first-order chi connectivity index (χ1) is 11.1. The van der Waals surface area contributed by atoms with E-state index in [1.165, 1.54) is 0 Å². The van der Waals surface area contributed by atoms with Crippen LogP contribution in [0.5, 0.6) is 0 Å². The molecule has 0 radical (unpaired) electrons. The lowest BCUT2D eigenvalue weighted by Gasteiger charge is -2.14. The predicted molar refractivity (Wildman–Crippen MR) is 90.9 cm³/mol. The molecule has 1 N–H and O–H groups in total. The summed E-state index contributed by atoms with van der Waals surface area (Å²) in [6.45, 7) is 6.09. The Morgan fingerprint density at radius 3 is 2.52 bits per heavy atom. The topological polar surface area (TPSA) is 59.3 Å². The van der Waals surface area contributed by atoms with Crippen LogP contribution in [0.15, 0.2) is 36.5 Å². The van der Waals surface area contributed by atoms with Crippen LogP contribution in [0.2, 0.25) is 0 Å². The highest BCUT2D eigenvalue weighted by molar-refractivity contribution is 6.04. The van der Waals surface area contributed by atoms with Crippen LogP contribution in [0.3, 0.4) is 0 Å². The van der Waals surface area contributed by atoms with Crippen molar-refractivity contribution in [2.24, 2.45) is 0 Å². The molecule has 0 atom stereocenters. The second kappa shape index (κ2) is 6.20. The molecule has 0 saturated carbocycles. The van der Waals surface area contributed by atoms with E-state index in [4.69, 9.17) is 0 Å². The van der Waals surface area contributed by atoms with Gasteiger partial charge in [0.2, 0.25) is 0 Å². The van der Waals surface area contributed by atoms with Crippen molar-refractivity contribution in [3.63, 3.8) is 0 Å². The van der Waals surface area contributed by atoms with E-state index in [2.05, 4.69) is 29.2 Å². The number of amides is 1. The Labute approximate surface area is 135 Å². The fourth-order valence-electron chi connectivity index (χ4n) is 2.76. The highest BCUT2D eigenvalue weighted by Crippen LogP contribution is 2.23. The van der Waals surface area contributed by atoms with Crippen LogP contribution in [0, 0.1) is 6.92 Å². The fraction of sp³-hybridized carbons (Fsp3) is 0.278. The smallest absolute Gasteiger partial charge is 0.274 e. The summed E-state index contributed by atoms with van der Waals surface area (Å²) in [4.78, 5) is 17.1. The third-order valence-corrected chi connectivity index (χ3v) is 4.01. The summed E-state index contributed by atoms with van der Waals surface area (Å²) in [5.74, 6) is -0.188. The number of hydrogen-bond acceptors (Lipinski definition) is 3. The zero-order chi connectivity index (χ0) is 16.4. The molecule has 0 aliphatic rings. The van der Waals surface area contributed by atoms with Crippen molar-refractivity contribution >= 4 is 17.2 Å². The molecule has 2 aromatic heterocycles. The quantitative estimate of drug-likeness (QED) is 0.803. The number of nitrogens with one attached hydrogen (secondary N) is 1. The molecule has 0 aliphatic carbocycles. The first-order valence-corrected chi connectivity index (χ1v) is 7.87. The van der Waals surface area contributed by atoms with Crippen LogP contribution in [0.25, 0.3) is 5.65 Å². The summed E-state index contributed by atoms with van der Waals surface area (Å²) < 4.78 is 1.72. The lowest BCUT2D eigenvalue weighted by Crippen LogP contribution is -2.17. The highest BCUT2D eigenvalue weighted by Gasteiger charge is 2.14. The van der Waals surface area contributed by atoms with Gasteiger partial charge in [0.15, 0.2) is 5.65 Å². The van der Waals surface area contributed by atoms with Crippen LogP contribution in [0.1, 0.15) is 41.2 Å². The van der Waals surface area contributed by atoms with Crippen molar-refractivity contribution in [3.05, 3.63) is 59.0 Å². The van der Waals surface area contributed by atoms with Crippen LogP contribution in [-0.2, 0) is 12.8 Å². The summed E-state index contributed by atoms with van der Waals surface area (Å²) in [6, 6.07) is 9.69. The van der Waals surface area contributed by atoms with E-state index < -0.39 is 0 Å². The number of para-hydroxylation sites is 1. The maximum Gasteiger partial charge on any atom is 0.274 e. The Bertz CT molecular complexity index is 844. The minimum atomic E-state index is -0.188. The molecule has 0 unspecified atom stereocenters. The molecular weight excluding hydrogens is 288 g/mol. The number of benzene rings is 1. The summed E-state index contributed by atoms with van der Waals surface area (Å²) in [6.07, 6.45) is 3.42. The van der Waals surface area contributed by atoms with Gasteiger partial charge in [-0.25, -0.2) is 9.50 Å². The molecule has 23 heavy (non-hydrogen) atoms. The predicted octanol–water partition coefficient (Wildman–Crippen LogP) is 3.41. The van der Waals surface area contributed by atoms with E-state index in [0.29, 0.717) is 11.3 Å². The Kier molecular flexibility index (Phi) is 4.10. The molecule has 5 nitrogen and oxygen atoms in total. The van der Waals surface area contributed by atoms with E-state index in [1.54, 1.807) is 22.8 Å².